The van der Waals surface area contributed by atoms with E-state index in [-0.39, 0.29) is 18.9 Å². The molecule has 10 nitrogen and oxygen atoms in total. The minimum atomic E-state index is -0.930. The molecule has 1 aliphatic heterocycles. The van der Waals surface area contributed by atoms with Crippen LogP contribution >= 0.6 is 0 Å². The van der Waals surface area contributed by atoms with Crippen LogP contribution in [0.3, 0.4) is 0 Å². The summed E-state index contributed by atoms with van der Waals surface area (Å²) >= 11 is 0. The maximum Gasteiger partial charge on any atom is 0.308 e. The van der Waals surface area contributed by atoms with E-state index >= 15 is 0 Å². The number of morpholine rings is 1. The number of carbonyl (C=O) groups excluding carboxylic acids is 1. The molecule has 0 atom stereocenters. The van der Waals surface area contributed by atoms with E-state index in [2.05, 4.69) is 10.2 Å². The molecule has 10 heteroatoms. The van der Waals surface area contributed by atoms with Gasteiger partial charge in [-0.05, 0) is 29.8 Å². The number of anilines is 3. The van der Waals surface area contributed by atoms with Crippen LogP contribution in [0.2, 0.25) is 0 Å². The lowest BCUT2D eigenvalue weighted by Gasteiger charge is -2.31. The number of carbonyl (C=O) groups is 2. The number of para-hydroxylation sites is 1. The third-order valence-electron chi connectivity index (χ3n) is 5.79. The molecule has 1 amide bonds. The van der Waals surface area contributed by atoms with Crippen LogP contribution in [0.4, 0.5) is 17.3 Å². The van der Waals surface area contributed by atoms with Crippen molar-refractivity contribution in [1.29, 1.82) is 0 Å². The summed E-state index contributed by atoms with van der Waals surface area (Å²) in [6, 6.07) is 16.6. The third kappa shape index (κ3) is 7.17. The molecule has 1 aromatic heterocycles. The van der Waals surface area contributed by atoms with Gasteiger partial charge < -0.3 is 29.7 Å². The summed E-state index contributed by atoms with van der Waals surface area (Å²) in [7, 11) is 3.69. The second-order valence-corrected chi connectivity index (χ2v) is 8.85. The molecule has 1 fully saturated rings. The predicted molar refractivity (Wildman–Crippen MR) is 141 cm³/mol. The lowest BCUT2D eigenvalue weighted by molar-refractivity contribution is -0.136. The Morgan fingerprint density at radius 2 is 1.76 bits per heavy atom. The first-order valence-electron chi connectivity index (χ1n) is 12.1. The molecule has 2 N–H and O–H groups in total. The molecule has 0 aliphatic carbocycles. The van der Waals surface area contributed by atoms with Crippen LogP contribution in [0.5, 0.6) is 5.75 Å². The van der Waals surface area contributed by atoms with Gasteiger partial charge in [-0.1, -0.05) is 30.3 Å². The van der Waals surface area contributed by atoms with Crippen molar-refractivity contribution in [3.63, 3.8) is 0 Å². The highest BCUT2D eigenvalue weighted by Gasteiger charge is 2.24. The second kappa shape index (κ2) is 12.2. The monoisotopic (exact) mass is 505 g/mol. The Kier molecular flexibility index (Phi) is 8.52. The number of carboxylic acid groups (broad SMARTS) is 1. The number of benzene rings is 2. The highest BCUT2D eigenvalue weighted by molar-refractivity contribution is 5.91. The minimum absolute atomic E-state index is 0.0834. The predicted octanol–water partition coefficient (Wildman–Crippen LogP) is 2.61. The van der Waals surface area contributed by atoms with E-state index in [1.807, 2.05) is 61.5 Å². The van der Waals surface area contributed by atoms with E-state index in [4.69, 9.17) is 19.4 Å². The number of aliphatic carboxylic acids is 1. The molecule has 0 saturated carbocycles. The smallest absolute Gasteiger partial charge is 0.308 e. The number of aromatic nitrogens is 2. The Morgan fingerprint density at radius 1 is 1.05 bits per heavy atom. The Bertz CT molecular complexity index is 1210. The van der Waals surface area contributed by atoms with Gasteiger partial charge in [0.2, 0.25) is 0 Å². The molecule has 2 heterocycles. The summed E-state index contributed by atoms with van der Waals surface area (Å²) in [6.45, 7) is 2.32. The summed E-state index contributed by atoms with van der Waals surface area (Å²) in [4.78, 5) is 37.3. The van der Waals surface area contributed by atoms with Crippen LogP contribution in [-0.4, -0.2) is 74.0 Å². The van der Waals surface area contributed by atoms with Crippen molar-refractivity contribution in [1.82, 2.24) is 9.97 Å². The molecule has 194 valence electrons. The van der Waals surface area contributed by atoms with Gasteiger partial charge >= 0.3 is 5.97 Å². The van der Waals surface area contributed by atoms with E-state index in [1.54, 1.807) is 12.1 Å². The SMILES string of the molecule is CN(C)c1nc(Cc2ccc(NC(=O)COc3ccccc3)cc2)nc(N2CCOCC2)c1CC(=O)O. The molecule has 2 aromatic carbocycles. The fraction of sp³-hybridized carbons (Fsp3) is 0.333. The number of carboxylic acids is 1. The van der Waals surface area contributed by atoms with Gasteiger partial charge in [0.1, 0.15) is 23.2 Å². The van der Waals surface area contributed by atoms with Crippen molar-refractivity contribution in [2.75, 3.05) is 62.1 Å². The number of nitrogens with zero attached hydrogens (tertiary/aromatic N) is 4. The Hall–Kier alpha value is -4.18. The molecule has 37 heavy (non-hydrogen) atoms. The topological polar surface area (TPSA) is 117 Å². The Morgan fingerprint density at radius 3 is 2.41 bits per heavy atom. The fourth-order valence-corrected chi connectivity index (χ4v) is 4.05. The molecule has 0 unspecified atom stereocenters. The van der Waals surface area contributed by atoms with E-state index in [0.717, 1.165) is 5.56 Å². The molecular formula is C27H31N5O5. The first-order valence-corrected chi connectivity index (χ1v) is 12.1. The zero-order valence-corrected chi connectivity index (χ0v) is 21.0. The maximum absolute atomic E-state index is 12.2. The number of hydrogen-bond donors (Lipinski definition) is 2. The molecular weight excluding hydrogens is 474 g/mol. The molecule has 0 radical (unpaired) electrons. The van der Waals surface area contributed by atoms with Crippen LogP contribution in [0.15, 0.2) is 54.6 Å². The van der Waals surface area contributed by atoms with Crippen LogP contribution in [0.1, 0.15) is 17.0 Å². The first kappa shape index (κ1) is 25.9. The second-order valence-electron chi connectivity index (χ2n) is 8.85. The summed E-state index contributed by atoms with van der Waals surface area (Å²) in [5.41, 5.74) is 2.22. The number of hydrogen-bond acceptors (Lipinski definition) is 8. The molecule has 4 rings (SSSR count). The molecule has 0 spiro atoms. The highest BCUT2D eigenvalue weighted by Crippen LogP contribution is 2.28. The van der Waals surface area contributed by atoms with Gasteiger partial charge in [-0.3, -0.25) is 9.59 Å². The Labute approximate surface area is 215 Å². The summed E-state index contributed by atoms with van der Waals surface area (Å²) in [5, 5.41) is 12.4. The maximum atomic E-state index is 12.2. The van der Waals surface area contributed by atoms with Crippen LogP contribution in [-0.2, 0) is 27.2 Å². The van der Waals surface area contributed by atoms with Gasteiger partial charge in [-0.15, -0.1) is 0 Å². The van der Waals surface area contributed by atoms with Gasteiger partial charge in [0, 0.05) is 44.9 Å². The average Bonchev–Trinajstić information content (AvgIpc) is 2.90. The quantitative estimate of drug-likeness (QED) is 0.429. The van der Waals surface area contributed by atoms with Gasteiger partial charge in [-0.2, -0.15) is 0 Å². The van der Waals surface area contributed by atoms with Gasteiger partial charge in [0.05, 0.1) is 19.6 Å². The number of rotatable bonds is 10. The summed E-state index contributed by atoms with van der Waals surface area (Å²) in [5.74, 6) is 1.28. The van der Waals surface area contributed by atoms with Crippen molar-refractivity contribution in [3.05, 3.63) is 71.5 Å². The normalized spacial score (nSPS) is 13.2. The summed E-state index contributed by atoms with van der Waals surface area (Å²) < 4.78 is 11.0. The van der Waals surface area contributed by atoms with Gasteiger partial charge in [-0.25, -0.2) is 9.97 Å². The molecule has 1 aliphatic rings. The molecule has 3 aromatic rings. The standard InChI is InChI=1S/C27H31N5O5/c1-31(2)26-22(17-25(34)35)27(32-12-14-36-15-13-32)30-23(29-26)16-19-8-10-20(11-9-19)28-24(33)18-37-21-6-4-3-5-7-21/h3-11H,12-18H2,1-2H3,(H,28,33)(H,34,35). The van der Waals surface area contributed by atoms with E-state index in [1.165, 1.54) is 0 Å². The van der Waals surface area contributed by atoms with Crippen LogP contribution in [0.25, 0.3) is 0 Å². The lowest BCUT2D eigenvalue weighted by Crippen LogP contribution is -2.38. The zero-order valence-electron chi connectivity index (χ0n) is 21.0. The highest BCUT2D eigenvalue weighted by atomic mass is 16.5. The minimum Gasteiger partial charge on any atom is -0.484 e. The molecule has 1 saturated heterocycles. The summed E-state index contributed by atoms with van der Waals surface area (Å²) in [6.07, 6.45) is 0.291. The van der Waals surface area contributed by atoms with Crippen molar-refractivity contribution >= 4 is 29.2 Å². The number of ether oxygens (including phenoxy) is 2. The van der Waals surface area contributed by atoms with Gasteiger partial charge in [0.15, 0.2) is 6.61 Å². The van der Waals surface area contributed by atoms with Crippen molar-refractivity contribution in [2.24, 2.45) is 0 Å². The average molecular weight is 506 g/mol. The van der Waals surface area contributed by atoms with Crippen LogP contribution < -0.4 is 19.9 Å². The number of nitrogens with one attached hydrogen (secondary N) is 1. The Balaban J connectivity index is 1.48. The molecule has 0 bridgehead atoms. The third-order valence-corrected chi connectivity index (χ3v) is 5.79. The number of amides is 1. The van der Waals surface area contributed by atoms with E-state index < -0.39 is 5.97 Å². The van der Waals surface area contributed by atoms with E-state index in [0.29, 0.717) is 67.2 Å². The van der Waals surface area contributed by atoms with Crippen molar-refractivity contribution in [2.45, 2.75) is 12.8 Å². The lowest BCUT2D eigenvalue weighted by atomic mass is 10.1. The van der Waals surface area contributed by atoms with E-state index in [9.17, 15) is 14.7 Å². The van der Waals surface area contributed by atoms with Crippen LogP contribution in [0, 0.1) is 0 Å². The first-order chi connectivity index (χ1) is 17.9. The van der Waals surface area contributed by atoms with Gasteiger partial charge in [0.25, 0.3) is 5.91 Å². The van der Waals surface area contributed by atoms with Crippen molar-refractivity contribution in [3.8, 4) is 5.75 Å². The zero-order chi connectivity index (χ0) is 26.2. The largest absolute Gasteiger partial charge is 0.484 e. The fourth-order valence-electron chi connectivity index (χ4n) is 4.05. The van der Waals surface area contributed by atoms with Crippen molar-refractivity contribution < 1.29 is 24.2 Å².